The summed E-state index contributed by atoms with van der Waals surface area (Å²) in [4.78, 5) is 26.4. The summed E-state index contributed by atoms with van der Waals surface area (Å²) in [5.74, 6) is 0.00103. The number of ether oxygens (including phenoxy) is 2. The summed E-state index contributed by atoms with van der Waals surface area (Å²) in [6, 6.07) is 3.35. The molecular weight excluding hydrogens is 296 g/mol. The zero-order valence-electron chi connectivity index (χ0n) is 13.3. The Kier molecular flexibility index (Phi) is 5.46. The predicted octanol–water partition coefficient (Wildman–Crippen LogP) is 1.45. The van der Waals surface area contributed by atoms with Gasteiger partial charge in [-0.2, -0.15) is 0 Å². The SMILES string of the molecule is O=C(CCOC1CCOCC1)NC1CCCc2[nH]c(=O)ccc21. The predicted molar refractivity (Wildman–Crippen MR) is 85.3 cm³/mol. The molecule has 0 aromatic carbocycles. The molecule has 23 heavy (non-hydrogen) atoms. The standard InChI is InChI=1S/C17H24N2O4/c20-16-5-4-13-14(18-16)2-1-3-15(13)19-17(21)8-11-23-12-6-9-22-10-7-12/h4-5,12,15H,1-3,6-11H2,(H,18,20)(H,19,21). The van der Waals surface area contributed by atoms with Crippen LogP contribution in [0.4, 0.5) is 0 Å². The summed E-state index contributed by atoms with van der Waals surface area (Å²) in [6.07, 6.45) is 5.15. The highest BCUT2D eigenvalue weighted by molar-refractivity contribution is 5.76. The van der Waals surface area contributed by atoms with Gasteiger partial charge in [-0.1, -0.05) is 0 Å². The summed E-state index contributed by atoms with van der Waals surface area (Å²) < 4.78 is 11.0. The van der Waals surface area contributed by atoms with Gasteiger partial charge in [0.2, 0.25) is 11.5 Å². The Labute approximate surface area is 135 Å². The van der Waals surface area contributed by atoms with Gasteiger partial charge < -0.3 is 19.8 Å². The molecule has 126 valence electrons. The van der Waals surface area contributed by atoms with E-state index in [9.17, 15) is 9.59 Å². The van der Waals surface area contributed by atoms with Gasteiger partial charge in [-0.25, -0.2) is 0 Å². The maximum absolute atomic E-state index is 12.1. The van der Waals surface area contributed by atoms with E-state index in [1.165, 1.54) is 6.07 Å². The normalized spacial score (nSPS) is 21.7. The maximum atomic E-state index is 12.1. The third kappa shape index (κ3) is 4.42. The first-order valence-electron chi connectivity index (χ1n) is 8.43. The molecule has 1 unspecified atom stereocenters. The largest absolute Gasteiger partial charge is 0.381 e. The first-order valence-corrected chi connectivity index (χ1v) is 8.43. The molecular formula is C17H24N2O4. The molecule has 3 rings (SSSR count). The highest BCUT2D eigenvalue weighted by Gasteiger charge is 2.22. The monoisotopic (exact) mass is 320 g/mol. The first kappa shape index (κ1) is 16.2. The van der Waals surface area contributed by atoms with Crippen LogP contribution in [0.25, 0.3) is 0 Å². The minimum Gasteiger partial charge on any atom is -0.381 e. The summed E-state index contributed by atoms with van der Waals surface area (Å²) >= 11 is 0. The van der Waals surface area contributed by atoms with E-state index in [0.717, 1.165) is 56.6 Å². The van der Waals surface area contributed by atoms with Crippen molar-refractivity contribution in [1.29, 1.82) is 0 Å². The number of H-pyrrole nitrogens is 1. The molecule has 0 saturated carbocycles. The number of hydrogen-bond donors (Lipinski definition) is 2. The Morgan fingerprint density at radius 2 is 2.13 bits per heavy atom. The van der Waals surface area contributed by atoms with Crippen LogP contribution in [0.1, 0.15) is 49.4 Å². The van der Waals surface area contributed by atoms with Crippen LogP contribution in [-0.2, 0) is 20.7 Å². The van der Waals surface area contributed by atoms with E-state index in [1.54, 1.807) is 0 Å². The highest BCUT2D eigenvalue weighted by atomic mass is 16.5. The molecule has 1 aliphatic heterocycles. The Hall–Kier alpha value is -1.66. The zero-order chi connectivity index (χ0) is 16.1. The third-order valence-electron chi connectivity index (χ3n) is 4.52. The summed E-state index contributed by atoms with van der Waals surface area (Å²) in [5.41, 5.74) is 1.91. The van der Waals surface area contributed by atoms with Gasteiger partial charge in [0.15, 0.2) is 0 Å². The number of hydrogen-bond acceptors (Lipinski definition) is 4. The summed E-state index contributed by atoms with van der Waals surface area (Å²) in [7, 11) is 0. The Bertz CT molecular complexity index is 593. The van der Waals surface area contributed by atoms with Crippen molar-refractivity contribution >= 4 is 5.91 Å². The van der Waals surface area contributed by atoms with Crippen molar-refractivity contribution in [2.24, 2.45) is 0 Å². The van der Waals surface area contributed by atoms with E-state index in [2.05, 4.69) is 10.3 Å². The second-order valence-corrected chi connectivity index (χ2v) is 6.20. The van der Waals surface area contributed by atoms with Crippen molar-refractivity contribution in [3.8, 4) is 0 Å². The number of nitrogens with one attached hydrogen (secondary N) is 2. The average Bonchev–Trinajstić information content (AvgIpc) is 2.56. The van der Waals surface area contributed by atoms with Crippen molar-refractivity contribution in [2.45, 2.75) is 50.7 Å². The van der Waals surface area contributed by atoms with Gasteiger partial charge in [-0.3, -0.25) is 9.59 Å². The van der Waals surface area contributed by atoms with Crippen LogP contribution in [0.15, 0.2) is 16.9 Å². The maximum Gasteiger partial charge on any atom is 0.248 e. The number of carbonyl (C=O) groups excluding carboxylic acids is 1. The Morgan fingerprint density at radius 1 is 1.30 bits per heavy atom. The van der Waals surface area contributed by atoms with Gasteiger partial charge in [0, 0.05) is 31.4 Å². The van der Waals surface area contributed by atoms with E-state index in [1.807, 2.05) is 6.07 Å². The van der Waals surface area contributed by atoms with Gasteiger partial charge >= 0.3 is 0 Å². The van der Waals surface area contributed by atoms with Gasteiger partial charge in [-0.15, -0.1) is 0 Å². The molecule has 0 bridgehead atoms. The minimum absolute atomic E-state index is 0.00103. The number of carbonyl (C=O) groups is 1. The summed E-state index contributed by atoms with van der Waals surface area (Å²) in [5, 5.41) is 3.07. The minimum atomic E-state index is -0.0828. The van der Waals surface area contributed by atoms with Crippen molar-refractivity contribution in [3.63, 3.8) is 0 Å². The second-order valence-electron chi connectivity index (χ2n) is 6.20. The molecule has 1 aliphatic carbocycles. The fourth-order valence-corrected chi connectivity index (χ4v) is 3.28. The fourth-order valence-electron chi connectivity index (χ4n) is 3.28. The van der Waals surface area contributed by atoms with Crippen molar-refractivity contribution < 1.29 is 14.3 Å². The van der Waals surface area contributed by atoms with Gasteiger partial charge in [-0.05, 0) is 43.7 Å². The molecule has 0 radical (unpaired) electrons. The van der Waals surface area contributed by atoms with Crippen LogP contribution in [0.5, 0.6) is 0 Å². The van der Waals surface area contributed by atoms with Crippen LogP contribution < -0.4 is 10.9 Å². The lowest BCUT2D eigenvalue weighted by atomic mass is 9.91. The third-order valence-corrected chi connectivity index (χ3v) is 4.52. The Morgan fingerprint density at radius 3 is 2.96 bits per heavy atom. The molecule has 6 heteroatoms. The lowest BCUT2D eigenvalue weighted by Gasteiger charge is -2.26. The quantitative estimate of drug-likeness (QED) is 0.860. The zero-order valence-corrected chi connectivity index (χ0v) is 13.3. The fraction of sp³-hybridized carbons (Fsp3) is 0.647. The molecule has 2 heterocycles. The van der Waals surface area contributed by atoms with Crippen LogP contribution in [0, 0.1) is 0 Å². The first-order chi connectivity index (χ1) is 11.2. The van der Waals surface area contributed by atoms with Crippen LogP contribution >= 0.6 is 0 Å². The summed E-state index contributed by atoms with van der Waals surface area (Å²) in [6.45, 7) is 1.93. The molecule has 0 spiro atoms. The van der Waals surface area contributed by atoms with E-state index < -0.39 is 0 Å². The van der Waals surface area contributed by atoms with Crippen molar-refractivity contribution in [2.75, 3.05) is 19.8 Å². The van der Waals surface area contributed by atoms with Gasteiger partial charge in [0.25, 0.3) is 0 Å². The van der Waals surface area contributed by atoms with E-state index >= 15 is 0 Å². The number of rotatable bonds is 5. The molecule has 1 atom stereocenters. The lowest BCUT2D eigenvalue weighted by molar-refractivity contribution is -0.124. The van der Waals surface area contributed by atoms with E-state index in [-0.39, 0.29) is 23.6 Å². The average molecular weight is 320 g/mol. The van der Waals surface area contributed by atoms with E-state index in [0.29, 0.717) is 13.0 Å². The Balaban J connectivity index is 1.48. The molecule has 2 N–H and O–H groups in total. The molecule has 1 aromatic heterocycles. The number of aryl methyl sites for hydroxylation is 1. The molecule has 1 saturated heterocycles. The van der Waals surface area contributed by atoms with Crippen LogP contribution in [0.3, 0.4) is 0 Å². The van der Waals surface area contributed by atoms with Gasteiger partial charge in [0.05, 0.1) is 18.8 Å². The van der Waals surface area contributed by atoms with Crippen molar-refractivity contribution in [1.82, 2.24) is 10.3 Å². The second kappa shape index (κ2) is 7.75. The molecule has 1 aromatic rings. The number of amides is 1. The van der Waals surface area contributed by atoms with E-state index in [4.69, 9.17) is 9.47 Å². The van der Waals surface area contributed by atoms with Crippen molar-refractivity contribution in [3.05, 3.63) is 33.7 Å². The molecule has 2 aliphatic rings. The molecule has 6 nitrogen and oxygen atoms in total. The van der Waals surface area contributed by atoms with Crippen LogP contribution in [-0.4, -0.2) is 36.8 Å². The lowest BCUT2D eigenvalue weighted by Crippen LogP contribution is -2.33. The smallest absolute Gasteiger partial charge is 0.248 e. The number of aromatic amines is 1. The van der Waals surface area contributed by atoms with Gasteiger partial charge in [0.1, 0.15) is 0 Å². The topological polar surface area (TPSA) is 80.4 Å². The van der Waals surface area contributed by atoms with Crippen LogP contribution in [0.2, 0.25) is 0 Å². The number of fused-ring (bicyclic) bond motifs is 1. The number of pyridine rings is 1. The molecule has 1 fully saturated rings. The highest BCUT2D eigenvalue weighted by Crippen LogP contribution is 2.27. The molecule has 1 amide bonds. The number of aromatic nitrogens is 1.